The lowest BCUT2D eigenvalue weighted by atomic mass is 10.2. The lowest BCUT2D eigenvalue weighted by molar-refractivity contribution is 0.0932. The van der Waals surface area contributed by atoms with Crippen LogP contribution in [-0.2, 0) is 0 Å². The average molecular weight is 358 g/mol. The van der Waals surface area contributed by atoms with E-state index in [2.05, 4.69) is 15.5 Å². The van der Waals surface area contributed by atoms with E-state index in [1.165, 1.54) is 0 Å². The highest BCUT2D eigenvalue weighted by Gasteiger charge is 2.18. The summed E-state index contributed by atoms with van der Waals surface area (Å²) in [6.45, 7) is 1.77. The van der Waals surface area contributed by atoms with Crippen LogP contribution in [0, 0.1) is 0 Å². The van der Waals surface area contributed by atoms with Crippen LogP contribution in [0.3, 0.4) is 0 Å². The lowest BCUT2D eigenvalue weighted by Crippen LogP contribution is -2.26. The summed E-state index contributed by atoms with van der Waals surface area (Å²) in [7, 11) is 1.60. The third kappa shape index (κ3) is 3.97. The van der Waals surface area contributed by atoms with Crippen molar-refractivity contribution >= 4 is 17.5 Å². The molecule has 2 aromatic carbocycles. The quantitative estimate of drug-likeness (QED) is 0.749. The summed E-state index contributed by atoms with van der Waals surface area (Å²) in [5.41, 5.74) is 1.26. The van der Waals surface area contributed by atoms with Crippen LogP contribution >= 0.6 is 11.6 Å². The summed E-state index contributed by atoms with van der Waals surface area (Å²) in [5.74, 6) is 1.25. The second-order valence-electron chi connectivity index (χ2n) is 5.39. The summed E-state index contributed by atoms with van der Waals surface area (Å²) >= 11 is 5.91. The predicted molar refractivity (Wildman–Crippen MR) is 93.6 cm³/mol. The van der Waals surface area contributed by atoms with E-state index in [0.29, 0.717) is 22.3 Å². The number of amides is 1. The van der Waals surface area contributed by atoms with Gasteiger partial charge in [0.25, 0.3) is 5.91 Å². The predicted octanol–water partition coefficient (Wildman–Crippen LogP) is 3.89. The number of nitrogens with one attached hydrogen (secondary N) is 1. The zero-order valence-electron chi connectivity index (χ0n) is 13.7. The standard InChI is InChI=1S/C18H16ClN3O3/c1-11(20-17(23)13-4-3-5-14(19)10-13)18-21-16(22-25-18)12-6-8-15(24-2)9-7-12/h3-11H,1-2H3,(H,20,23)/t11-/m0/s1. The first-order chi connectivity index (χ1) is 12.1. The molecule has 0 bridgehead atoms. The molecule has 0 unspecified atom stereocenters. The van der Waals surface area contributed by atoms with Gasteiger partial charge >= 0.3 is 0 Å². The minimum Gasteiger partial charge on any atom is -0.497 e. The number of aromatic nitrogens is 2. The number of carbonyl (C=O) groups is 1. The fourth-order valence-electron chi connectivity index (χ4n) is 2.24. The van der Waals surface area contributed by atoms with Crippen LogP contribution in [0.4, 0.5) is 0 Å². The van der Waals surface area contributed by atoms with Crippen LogP contribution in [0.2, 0.25) is 5.02 Å². The number of hydrogen-bond acceptors (Lipinski definition) is 5. The van der Waals surface area contributed by atoms with E-state index in [0.717, 1.165) is 11.3 Å². The summed E-state index contributed by atoms with van der Waals surface area (Å²) in [6.07, 6.45) is 0. The normalized spacial score (nSPS) is 11.8. The summed E-state index contributed by atoms with van der Waals surface area (Å²) in [4.78, 5) is 16.6. The molecular formula is C18H16ClN3O3. The van der Waals surface area contributed by atoms with Crippen LogP contribution in [0.1, 0.15) is 29.2 Å². The molecule has 25 heavy (non-hydrogen) atoms. The van der Waals surface area contributed by atoms with Crippen molar-refractivity contribution in [2.45, 2.75) is 13.0 Å². The molecule has 1 N–H and O–H groups in total. The molecule has 0 aliphatic rings. The third-order valence-corrected chi connectivity index (χ3v) is 3.83. The van der Waals surface area contributed by atoms with Crippen molar-refractivity contribution in [3.8, 4) is 17.1 Å². The molecule has 3 rings (SSSR count). The van der Waals surface area contributed by atoms with E-state index in [9.17, 15) is 4.79 Å². The van der Waals surface area contributed by atoms with Crippen molar-refractivity contribution in [3.63, 3.8) is 0 Å². The third-order valence-electron chi connectivity index (χ3n) is 3.59. The first-order valence-electron chi connectivity index (χ1n) is 7.61. The van der Waals surface area contributed by atoms with Crippen molar-refractivity contribution < 1.29 is 14.1 Å². The molecule has 6 nitrogen and oxygen atoms in total. The SMILES string of the molecule is COc1ccc(-c2noc([C@H](C)NC(=O)c3cccc(Cl)c3)n2)cc1. The molecule has 0 aliphatic carbocycles. The van der Waals surface area contributed by atoms with E-state index < -0.39 is 6.04 Å². The molecule has 0 radical (unpaired) electrons. The van der Waals surface area contributed by atoms with Gasteiger partial charge in [0.05, 0.1) is 7.11 Å². The van der Waals surface area contributed by atoms with Gasteiger partial charge in [0.2, 0.25) is 11.7 Å². The Morgan fingerprint density at radius 3 is 2.68 bits per heavy atom. The molecule has 128 valence electrons. The van der Waals surface area contributed by atoms with Gasteiger partial charge in [-0.3, -0.25) is 4.79 Å². The molecule has 1 amide bonds. The molecular weight excluding hydrogens is 342 g/mol. The number of ether oxygens (including phenoxy) is 1. The Morgan fingerprint density at radius 2 is 2.00 bits per heavy atom. The van der Waals surface area contributed by atoms with Crippen molar-refractivity contribution in [1.82, 2.24) is 15.5 Å². The second-order valence-corrected chi connectivity index (χ2v) is 5.83. The minimum atomic E-state index is -0.439. The molecule has 1 aromatic heterocycles. The Bertz CT molecular complexity index is 877. The maximum absolute atomic E-state index is 12.3. The van der Waals surface area contributed by atoms with Gasteiger partial charge in [-0.2, -0.15) is 4.98 Å². The molecule has 3 aromatic rings. The van der Waals surface area contributed by atoms with Gasteiger partial charge in [-0.1, -0.05) is 22.8 Å². The van der Waals surface area contributed by atoms with Gasteiger partial charge < -0.3 is 14.6 Å². The van der Waals surface area contributed by atoms with E-state index in [4.69, 9.17) is 20.9 Å². The van der Waals surface area contributed by atoms with Crippen LogP contribution in [0.15, 0.2) is 53.1 Å². The number of hydrogen-bond donors (Lipinski definition) is 1. The highest BCUT2D eigenvalue weighted by atomic mass is 35.5. The Hall–Kier alpha value is -2.86. The monoisotopic (exact) mass is 357 g/mol. The molecule has 0 aliphatic heterocycles. The zero-order valence-corrected chi connectivity index (χ0v) is 14.4. The molecule has 1 atom stereocenters. The van der Waals surface area contributed by atoms with Gasteiger partial charge in [-0.05, 0) is 49.4 Å². The van der Waals surface area contributed by atoms with Crippen molar-refractivity contribution in [2.24, 2.45) is 0 Å². The number of carbonyl (C=O) groups excluding carboxylic acids is 1. The Balaban J connectivity index is 1.71. The lowest BCUT2D eigenvalue weighted by Gasteiger charge is -2.09. The fraction of sp³-hybridized carbons (Fsp3) is 0.167. The van der Waals surface area contributed by atoms with E-state index >= 15 is 0 Å². The fourth-order valence-corrected chi connectivity index (χ4v) is 2.43. The number of rotatable bonds is 5. The Kier molecular flexibility index (Phi) is 5.00. The van der Waals surface area contributed by atoms with Crippen molar-refractivity contribution in [1.29, 1.82) is 0 Å². The van der Waals surface area contributed by atoms with E-state index in [1.54, 1.807) is 38.3 Å². The van der Waals surface area contributed by atoms with Gasteiger partial charge in [-0.25, -0.2) is 0 Å². The zero-order chi connectivity index (χ0) is 17.8. The molecule has 0 saturated carbocycles. The highest BCUT2D eigenvalue weighted by Crippen LogP contribution is 2.21. The summed E-state index contributed by atoms with van der Waals surface area (Å²) in [5, 5.41) is 7.27. The molecule has 0 spiro atoms. The van der Waals surface area contributed by atoms with E-state index in [1.807, 2.05) is 24.3 Å². The Morgan fingerprint density at radius 1 is 1.24 bits per heavy atom. The van der Waals surface area contributed by atoms with Gasteiger partial charge in [0.1, 0.15) is 11.8 Å². The summed E-state index contributed by atoms with van der Waals surface area (Å²) in [6, 6.07) is 13.6. The minimum absolute atomic E-state index is 0.265. The van der Waals surface area contributed by atoms with Crippen molar-refractivity contribution in [3.05, 3.63) is 65.0 Å². The smallest absolute Gasteiger partial charge is 0.251 e. The van der Waals surface area contributed by atoms with Gasteiger partial charge in [0.15, 0.2) is 0 Å². The largest absolute Gasteiger partial charge is 0.497 e. The van der Waals surface area contributed by atoms with Crippen LogP contribution in [0.25, 0.3) is 11.4 Å². The maximum Gasteiger partial charge on any atom is 0.251 e. The molecule has 0 saturated heterocycles. The second kappa shape index (κ2) is 7.36. The van der Waals surface area contributed by atoms with Gasteiger partial charge in [0, 0.05) is 16.1 Å². The van der Waals surface area contributed by atoms with Crippen molar-refractivity contribution in [2.75, 3.05) is 7.11 Å². The topological polar surface area (TPSA) is 77.3 Å². The van der Waals surface area contributed by atoms with Gasteiger partial charge in [-0.15, -0.1) is 0 Å². The van der Waals surface area contributed by atoms with Crippen LogP contribution < -0.4 is 10.1 Å². The number of benzene rings is 2. The molecule has 1 heterocycles. The average Bonchev–Trinajstić information content (AvgIpc) is 3.12. The maximum atomic E-state index is 12.3. The summed E-state index contributed by atoms with van der Waals surface area (Å²) < 4.78 is 10.4. The highest BCUT2D eigenvalue weighted by molar-refractivity contribution is 6.30. The number of nitrogens with zero attached hydrogens (tertiary/aromatic N) is 2. The molecule has 7 heteroatoms. The van der Waals surface area contributed by atoms with Crippen LogP contribution in [0.5, 0.6) is 5.75 Å². The Labute approximate surface area is 149 Å². The first kappa shape index (κ1) is 17.0. The number of methoxy groups -OCH3 is 1. The first-order valence-corrected chi connectivity index (χ1v) is 7.99. The molecule has 0 fully saturated rings. The number of halogens is 1. The van der Waals surface area contributed by atoms with Crippen LogP contribution in [-0.4, -0.2) is 23.2 Å². The van der Waals surface area contributed by atoms with E-state index in [-0.39, 0.29) is 5.91 Å².